The molecule has 2 heterocycles. The molecule has 3 amide bonds. The van der Waals surface area contributed by atoms with E-state index in [0.717, 1.165) is 27.7 Å². The fourth-order valence-corrected chi connectivity index (χ4v) is 4.45. The summed E-state index contributed by atoms with van der Waals surface area (Å²) in [6, 6.07) is 14.4. The minimum atomic E-state index is -0.812. The highest BCUT2D eigenvalue weighted by molar-refractivity contribution is 5.91. The number of hydrogen-bond acceptors (Lipinski definition) is 4. The van der Waals surface area contributed by atoms with Crippen LogP contribution in [0.15, 0.2) is 54.7 Å². The number of anilines is 1. The van der Waals surface area contributed by atoms with Crippen molar-refractivity contribution in [1.29, 1.82) is 0 Å². The number of benzene rings is 2. The number of rotatable bonds is 6. The van der Waals surface area contributed by atoms with Gasteiger partial charge in [0.15, 0.2) is 0 Å². The van der Waals surface area contributed by atoms with Gasteiger partial charge in [-0.05, 0) is 49.1 Å². The van der Waals surface area contributed by atoms with Crippen molar-refractivity contribution in [3.05, 3.63) is 65.9 Å². The molecule has 1 unspecified atom stereocenters. The Balaban J connectivity index is 1.40. The van der Waals surface area contributed by atoms with Crippen LogP contribution in [0.3, 0.4) is 0 Å². The van der Waals surface area contributed by atoms with Gasteiger partial charge in [0.25, 0.3) is 0 Å². The number of H-pyrrole nitrogens is 1. The molecular weight excluding hydrogens is 432 g/mol. The van der Waals surface area contributed by atoms with Gasteiger partial charge in [0, 0.05) is 42.3 Å². The average molecular weight is 463 g/mol. The highest BCUT2D eigenvalue weighted by Gasteiger charge is 2.31. The number of aromatic amines is 1. The van der Waals surface area contributed by atoms with Gasteiger partial charge in [0.2, 0.25) is 5.91 Å². The van der Waals surface area contributed by atoms with Gasteiger partial charge < -0.3 is 25.3 Å². The molecule has 34 heavy (non-hydrogen) atoms. The molecule has 3 aromatic rings. The zero-order chi connectivity index (χ0) is 24.1. The molecule has 1 fully saturated rings. The normalized spacial score (nSPS) is 16.6. The van der Waals surface area contributed by atoms with Crippen LogP contribution >= 0.6 is 0 Å². The summed E-state index contributed by atoms with van der Waals surface area (Å²) in [6.45, 7) is 2.84. The van der Waals surface area contributed by atoms with E-state index >= 15 is 0 Å². The number of nitrogens with one attached hydrogen (secondary N) is 3. The van der Waals surface area contributed by atoms with Crippen LogP contribution in [-0.2, 0) is 20.7 Å². The maximum atomic E-state index is 13.1. The van der Waals surface area contributed by atoms with Crippen LogP contribution in [0.1, 0.15) is 24.0 Å². The number of urea groups is 1. The number of methoxy groups -OCH3 is 1. The number of fused-ring (bicyclic) bond motifs is 1. The summed E-state index contributed by atoms with van der Waals surface area (Å²) in [5.41, 5.74) is 3.67. The maximum absolute atomic E-state index is 13.1. The van der Waals surface area contributed by atoms with Crippen LogP contribution in [0.25, 0.3) is 10.9 Å². The number of carbonyl (C=O) groups is 3. The lowest BCUT2D eigenvalue weighted by molar-refractivity contribution is -0.145. The van der Waals surface area contributed by atoms with Gasteiger partial charge in [-0.15, -0.1) is 0 Å². The second-order valence-corrected chi connectivity index (χ2v) is 8.73. The summed E-state index contributed by atoms with van der Waals surface area (Å²) in [7, 11) is 1.31. The average Bonchev–Trinajstić information content (AvgIpc) is 3.26. The molecule has 1 saturated heterocycles. The quantitative estimate of drug-likeness (QED) is 0.487. The van der Waals surface area contributed by atoms with Gasteiger partial charge in [0.1, 0.15) is 6.04 Å². The number of aryl methyl sites for hydroxylation is 1. The van der Waals surface area contributed by atoms with Gasteiger partial charge in [-0.2, -0.15) is 0 Å². The van der Waals surface area contributed by atoms with E-state index in [9.17, 15) is 14.4 Å². The zero-order valence-corrected chi connectivity index (χ0v) is 19.5. The fraction of sp³-hybridized carbons (Fsp3) is 0.346. The Morgan fingerprint density at radius 3 is 2.79 bits per heavy atom. The number of amides is 3. The lowest BCUT2D eigenvalue weighted by atomic mass is 9.96. The van der Waals surface area contributed by atoms with Gasteiger partial charge in [-0.25, -0.2) is 9.59 Å². The third-order valence-electron chi connectivity index (χ3n) is 6.25. The third-order valence-corrected chi connectivity index (χ3v) is 6.25. The van der Waals surface area contributed by atoms with E-state index in [1.165, 1.54) is 7.11 Å². The Hall–Kier alpha value is -3.81. The summed E-state index contributed by atoms with van der Waals surface area (Å²) >= 11 is 0. The first-order chi connectivity index (χ1) is 16.4. The molecule has 1 aliphatic heterocycles. The lowest BCUT2D eigenvalue weighted by Gasteiger charge is -2.32. The second kappa shape index (κ2) is 10.4. The van der Waals surface area contributed by atoms with Crippen LogP contribution in [0.2, 0.25) is 0 Å². The number of piperidine rings is 1. The molecule has 0 spiro atoms. The van der Waals surface area contributed by atoms with Crippen molar-refractivity contribution in [1.82, 2.24) is 15.2 Å². The molecule has 0 aliphatic carbocycles. The van der Waals surface area contributed by atoms with Gasteiger partial charge in [-0.1, -0.05) is 30.3 Å². The predicted octanol–water partition coefficient (Wildman–Crippen LogP) is 3.62. The molecule has 2 aromatic carbocycles. The summed E-state index contributed by atoms with van der Waals surface area (Å²) < 4.78 is 4.96. The minimum Gasteiger partial charge on any atom is -0.467 e. The molecule has 4 rings (SSSR count). The molecule has 1 aliphatic rings. The van der Waals surface area contributed by atoms with Crippen molar-refractivity contribution in [2.24, 2.45) is 5.92 Å². The topological polar surface area (TPSA) is 104 Å². The van der Waals surface area contributed by atoms with Crippen molar-refractivity contribution in [2.45, 2.75) is 32.2 Å². The van der Waals surface area contributed by atoms with Crippen molar-refractivity contribution < 1.29 is 19.1 Å². The Morgan fingerprint density at radius 1 is 1.18 bits per heavy atom. The van der Waals surface area contributed by atoms with E-state index in [-0.39, 0.29) is 11.9 Å². The number of carbonyl (C=O) groups excluding carboxylic acids is 3. The van der Waals surface area contributed by atoms with Crippen LogP contribution in [0.4, 0.5) is 10.5 Å². The first-order valence-electron chi connectivity index (χ1n) is 11.5. The summed E-state index contributed by atoms with van der Waals surface area (Å²) in [5, 5.41) is 6.78. The largest absolute Gasteiger partial charge is 0.467 e. The number of nitrogens with zero attached hydrogens (tertiary/aromatic N) is 1. The van der Waals surface area contributed by atoms with E-state index < -0.39 is 17.9 Å². The first kappa shape index (κ1) is 23.4. The molecule has 2 atom stereocenters. The number of hydrogen-bond donors (Lipinski definition) is 3. The SMILES string of the molecule is COC(=O)[C@@H](Cc1c[nH]c2ccccc12)NC(=O)C1CCCN(C(=O)Nc2cccc(C)c2)C1. The standard InChI is InChI=1S/C26H30N4O4/c1-17-7-5-9-20(13-17)28-26(33)30-12-6-8-18(16-30)24(31)29-23(25(32)34-2)14-19-15-27-22-11-4-3-10-21(19)22/h3-5,7,9-11,13,15,18,23,27H,6,8,12,14,16H2,1-2H3,(H,28,33)(H,29,31)/t18?,23-/m1/s1. The zero-order valence-electron chi connectivity index (χ0n) is 19.5. The first-order valence-corrected chi connectivity index (χ1v) is 11.5. The van der Waals surface area contributed by atoms with E-state index in [2.05, 4.69) is 15.6 Å². The van der Waals surface area contributed by atoms with E-state index in [1.807, 2.05) is 61.7 Å². The molecule has 8 heteroatoms. The molecule has 1 aromatic heterocycles. The van der Waals surface area contributed by atoms with Crippen molar-refractivity contribution in [2.75, 3.05) is 25.5 Å². The molecule has 0 radical (unpaired) electrons. The van der Waals surface area contributed by atoms with Crippen molar-refractivity contribution in [3.63, 3.8) is 0 Å². The smallest absolute Gasteiger partial charge is 0.328 e. The molecule has 0 saturated carbocycles. The van der Waals surface area contributed by atoms with Crippen LogP contribution in [-0.4, -0.2) is 54.0 Å². The van der Waals surface area contributed by atoms with Crippen LogP contribution in [0, 0.1) is 12.8 Å². The van der Waals surface area contributed by atoms with E-state index in [1.54, 1.807) is 4.90 Å². The molecule has 3 N–H and O–H groups in total. The van der Waals surface area contributed by atoms with Crippen LogP contribution in [0.5, 0.6) is 0 Å². The van der Waals surface area contributed by atoms with E-state index in [4.69, 9.17) is 4.74 Å². The third kappa shape index (κ3) is 5.39. The van der Waals surface area contributed by atoms with E-state index in [0.29, 0.717) is 32.4 Å². The highest BCUT2D eigenvalue weighted by atomic mass is 16.5. The lowest BCUT2D eigenvalue weighted by Crippen LogP contribution is -2.50. The Bertz CT molecular complexity index is 1190. The Morgan fingerprint density at radius 2 is 2.00 bits per heavy atom. The number of para-hydroxylation sites is 1. The molecular formula is C26H30N4O4. The molecule has 8 nitrogen and oxygen atoms in total. The number of aromatic nitrogens is 1. The number of likely N-dealkylation sites (tertiary alicyclic amines) is 1. The monoisotopic (exact) mass is 462 g/mol. The van der Waals surface area contributed by atoms with Crippen LogP contribution < -0.4 is 10.6 Å². The summed E-state index contributed by atoms with van der Waals surface area (Å²) in [5.74, 6) is -1.14. The molecule has 0 bridgehead atoms. The predicted molar refractivity (Wildman–Crippen MR) is 130 cm³/mol. The maximum Gasteiger partial charge on any atom is 0.328 e. The number of ether oxygens (including phenoxy) is 1. The minimum absolute atomic E-state index is 0.230. The molecule has 178 valence electrons. The highest BCUT2D eigenvalue weighted by Crippen LogP contribution is 2.21. The summed E-state index contributed by atoms with van der Waals surface area (Å²) in [6.07, 6.45) is 3.53. The van der Waals surface area contributed by atoms with Gasteiger partial charge >= 0.3 is 12.0 Å². The van der Waals surface area contributed by atoms with Gasteiger partial charge in [0.05, 0.1) is 13.0 Å². The van der Waals surface area contributed by atoms with Crippen molar-refractivity contribution in [3.8, 4) is 0 Å². The van der Waals surface area contributed by atoms with Crippen molar-refractivity contribution >= 4 is 34.5 Å². The number of esters is 1. The van der Waals surface area contributed by atoms with Gasteiger partial charge in [-0.3, -0.25) is 4.79 Å². The second-order valence-electron chi connectivity index (χ2n) is 8.73. The Kier molecular flexibility index (Phi) is 7.15. The fourth-order valence-electron chi connectivity index (χ4n) is 4.45. The summed E-state index contributed by atoms with van der Waals surface area (Å²) in [4.78, 5) is 43.2. The Labute approximate surface area is 198 Å².